The van der Waals surface area contributed by atoms with Crippen LogP contribution in [0.3, 0.4) is 0 Å². The Morgan fingerprint density at radius 1 is 1.32 bits per heavy atom. The smallest absolute Gasteiger partial charge is 0.187 e. The minimum atomic E-state index is 0.159. The number of hydrogen-bond donors (Lipinski definition) is 1. The molecule has 0 saturated carbocycles. The predicted molar refractivity (Wildman–Crippen MR) is 73.7 cm³/mol. The number of fused-ring (bicyclic) bond motifs is 1. The first-order valence-corrected chi connectivity index (χ1v) is 6.45. The number of piperidine rings is 1. The lowest BCUT2D eigenvalue weighted by Crippen LogP contribution is -2.43. The number of benzene rings is 1. The van der Waals surface area contributed by atoms with Crippen LogP contribution in [-0.4, -0.2) is 29.3 Å². The maximum atomic E-state index is 9.26. The Bertz CT molecular complexity index is 646. The molecular formula is C14H15N5. The average molecular weight is 253 g/mol. The number of nitrogens with zero attached hydrogens (tertiary/aromatic N) is 4. The van der Waals surface area contributed by atoms with Gasteiger partial charge in [-0.1, -0.05) is 18.2 Å². The molecule has 3 rings (SSSR count). The van der Waals surface area contributed by atoms with E-state index >= 15 is 0 Å². The zero-order valence-electron chi connectivity index (χ0n) is 10.6. The van der Waals surface area contributed by atoms with E-state index in [0.717, 1.165) is 42.5 Å². The molecule has 0 amide bonds. The summed E-state index contributed by atoms with van der Waals surface area (Å²) < 4.78 is 0. The summed E-state index contributed by atoms with van der Waals surface area (Å²) in [6.07, 6.45) is 2.08. The van der Waals surface area contributed by atoms with Gasteiger partial charge in [-0.05, 0) is 18.9 Å². The van der Waals surface area contributed by atoms with Crippen LogP contribution >= 0.6 is 0 Å². The van der Waals surface area contributed by atoms with Crippen LogP contribution < -0.4 is 10.6 Å². The highest BCUT2D eigenvalue weighted by molar-refractivity contribution is 5.93. The molecule has 19 heavy (non-hydrogen) atoms. The zero-order valence-corrected chi connectivity index (χ0v) is 10.6. The van der Waals surface area contributed by atoms with E-state index in [9.17, 15) is 5.26 Å². The van der Waals surface area contributed by atoms with Gasteiger partial charge in [0.1, 0.15) is 6.07 Å². The highest BCUT2D eigenvalue weighted by Crippen LogP contribution is 2.29. The van der Waals surface area contributed by atoms with Gasteiger partial charge in [0.25, 0.3) is 0 Å². The van der Waals surface area contributed by atoms with E-state index in [1.54, 1.807) is 0 Å². The second kappa shape index (κ2) is 4.82. The fraction of sp³-hybridized carbons (Fsp3) is 0.357. The van der Waals surface area contributed by atoms with Crippen molar-refractivity contribution in [2.24, 2.45) is 5.73 Å². The molecule has 96 valence electrons. The number of nitriles is 1. The Kier molecular flexibility index (Phi) is 3.02. The van der Waals surface area contributed by atoms with Crippen molar-refractivity contribution in [1.29, 1.82) is 5.26 Å². The SMILES string of the molecule is N#Cc1nnc2ccccc2c1N1CCC[C@@H](N)C1. The molecule has 1 aromatic heterocycles. The summed E-state index contributed by atoms with van der Waals surface area (Å²) in [5.41, 5.74) is 8.11. The lowest BCUT2D eigenvalue weighted by atomic mass is 10.0. The van der Waals surface area contributed by atoms with E-state index < -0.39 is 0 Å². The summed E-state index contributed by atoms with van der Waals surface area (Å²) in [6.45, 7) is 1.68. The summed E-state index contributed by atoms with van der Waals surface area (Å²) in [5.74, 6) is 0. The van der Waals surface area contributed by atoms with Crippen molar-refractivity contribution in [3.05, 3.63) is 30.0 Å². The maximum absolute atomic E-state index is 9.26. The standard InChI is InChI=1S/C14H15N5/c15-8-13-14(19-7-3-4-10(16)9-19)11-5-1-2-6-12(11)17-18-13/h1-2,5-6,10H,3-4,7,9,16H2/t10-/m1/s1. The minimum absolute atomic E-state index is 0.159. The minimum Gasteiger partial charge on any atom is -0.367 e. The summed E-state index contributed by atoms with van der Waals surface area (Å²) in [4.78, 5) is 2.17. The molecular weight excluding hydrogens is 238 g/mol. The first-order chi connectivity index (χ1) is 9.29. The van der Waals surface area contributed by atoms with Crippen molar-refractivity contribution in [3.63, 3.8) is 0 Å². The van der Waals surface area contributed by atoms with Gasteiger partial charge in [0.2, 0.25) is 0 Å². The van der Waals surface area contributed by atoms with Crippen LogP contribution in [0.15, 0.2) is 24.3 Å². The fourth-order valence-electron chi connectivity index (χ4n) is 2.65. The van der Waals surface area contributed by atoms with Gasteiger partial charge in [-0.15, -0.1) is 10.2 Å². The van der Waals surface area contributed by atoms with Gasteiger partial charge in [-0.25, -0.2) is 0 Å². The Labute approximate surface area is 111 Å². The molecule has 1 aromatic carbocycles. The molecule has 1 aliphatic heterocycles. The summed E-state index contributed by atoms with van der Waals surface area (Å²) in [6, 6.07) is 10.1. The van der Waals surface area contributed by atoms with Crippen molar-refractivity contribution >= 4 is 16.6 Å². The van der Waals surface area contributed by atoms with Crippen LogP contribution in [0, 0.1) is 11.3 Å². The Balaban J connectivity index is 2.17. The van der Waals surface area contributed by atoms with Gasteiger partial charge in [-0.2, -0.15) is 5.26 Å². The number of hydrogen-bond acceptors (Lipinski definition) is 5. The first kappa shape index (κ1) is 11.9. The molecule has 0 radical (unpaired) electrons. The Hall–Kier alpha value is -2.19. The highest BCUT2D eigenvalue weighted by atomic mass is 15.2. The largest absolute Gasteiger partial charge is 0.367 e. The molecule has 0 unspecified atom stereocenters. The number of anilines is 1. The van der Waals surface area contributed by atoms with Gasteiger partial charge >= 0.3 is 0 Å². The summed E-state index contributed by atoms with van der Waals surface area (Å²) in [5, 5.41) is 18.4. The third kappa shape index (κ3) is 2.11. The van der Waals surface area contributed by atoms with Crippen LogP contribution in [-0.2, 0) is 0 Å². The van der Waals surface area contributed by atoms with Crippen LogP contribution in [0.5, 0.6) is 0 Å². The maximum Gasteiger partial charge on any atom is 0.187 e. The molecule has 0 spiro atoms. The van der Waals surface area contributed by atoms with Gasteiger partial charge < -0.3 is 10.6 Å². The molecule has 0 aliphatic carbocycles. The topological polar surface area (TPSA) is 78.8 Å². The summed E-state index contributed by atoms with van der Waals surface area (Å²) >= 11 is 0. The van der Waals surface area contributed by atoms with Crippen molar-refractivity contribution in [1.82, 2.24) is 10.2 Å². The highest BCUT2D eigenvalue weighted by Gasteiger charge is 2.22. The number of rotatable bonds is 1. The summed E-state index contributed by atoms with van der Waals surface area (Å²) in [7, 11) is 0. The normalized spacial score (nSPS) is 19.4. The monoisotopic (exact) mass is 253 g/mol. The molecule has 2 N–H and O–H groups in total. The number of nitrogens with two attached hydrogens (primary N) is 1. The van der Waals surface area contributed by atoms with Crippen LogP contribution in [0.2, 0.25) is 0 Å². The van der Waals surface area contributed by atoms with Gasteiger partial charge in [0, 0.05) is 24.5 Å². The molecule has 1 aliphatic rings. The predicted octanol–water partition coefficient (Wildman–Crippen LogP) is 1.43. The second-order valence-corrected chi connectivity index (χ2v) is 4.87. The molecule has 1 saturated heterocycles. The van der Waals surface area contributed by atoms with Crippen molar-refractivity contribution in [3.8, 4) is 6.07 Å². The Morgan fingerprint density at radius 2 is 2.16 bits per heavy atom. The van der Waals surface area contributed by atoms with E-state index in [0.29, 0.717) is 5.69 Å². The lowest BCUT2D eigenvalue weighted by Gasteiger charge is -2.33. The van der Waals surface area contributed by atoms with Gasteiger partial charge in [0.15, 0.2) is 5.69 Å². The van der Waals surface area contributed by atoms with Crippen molar-refractivity contribution < 1.29 is 0 Å². The average Bonchev–Trinajstić information content (AvgIpc) is 2.46. The van der Waals surface area contributed by atoms with E-state index in [-0.39, 0.29) is 6.04 Å². The molecule has 1 atom stereocenters. The third-order valence-corrected chi connectivity index (χ3v) is 3.52. The van der Waals surface area contributed by atoms with E-state index in [2.05, 4.69) is 21.2 Å². The van der Waals surface area contributed by atoms with Gasteiger partial charge in [0.05, 0.1) is 11.2 Å². The van der Waals surface area contributed by atoms with E-state index in [4.69, 9.17) is 5.73 Å². The Morgan fingerprint density at radius 3 is 2.95 bits per heavy atom. The zero-order chi connectivity index (χ0) is 13.2. The molecule has 5 nitrogen and oxygen atoms in total. The molecule has 1 fully saturated rings. The fourth-order valence-corrected chi connectivity index (χ4v) is 2.65. The molecule has 5 heteroatoms. The third-order valence-electron chi connectivity index (χ3n) is 3.52. The quantitative estimate of drug-likeness (QED) is 0.831. The van der Waals surface area contributed by atoms with Crippen LogP contribution in [0.4, 0.5) is 5.69 Å². The van der Waals surface area contributed by atoms with Gasteiger partial charge in [-0.3, -0.25) is 0 Å². The van der Waals surface area contributed by atoms with E-state index in [1.807, 2.05) is 24.3 Å². The van der Waals surface area contributed by atoms with E-state index in [1.165, 1.54) is 0 Å². The lowest BCUT2D eigenvalue weighted by molar-refractivity contribution is 0.506. The number of aromatic nitrogens is 2. The van der Waals surface area contributed by atoms with Crippen molar-refractivity contribution in [2.45, 2.75) is 18.9 Å². The van der Waals surface area contributed by atoms with Crippen molar-refractivity contribution in [2.75, 3.05) is 18.0 Å². The molecule has 2 aromatic rings. The van der Waals surface area contributed by atoms with Crippen LogP contribution in [0.1, 0.15) is 18.5 Å². The first-order valence-electron chi connectivity index (χ1n) is 6.45. The second-order valence-electron chi connectivity index (χ2n) is 4.87. The van der Waals surface area contributed by atoms with Crippen LogP contribution in [0.25, 0.3) is 10.9 Å². The molecule has 0 bridgehead atoms. The molecule has 2 heterocycles.